The summed E-state index contributed by atoms with van der Waals surface area (Å²) in [7, 11) is 0. The van der Waals surface area contributed by atoms with Gasteiger partial charge in [-0.25, -0.2) is 0 Å². The number of rotatable bonds is 23. The van der Waals surface area contributed by atoms with E-state index in [0.717, 1.165) is 70.0 Å². The van der Waals surface area contributed by atoms with Crippen LogP contribution in [0.3, 0.4) is 0 Å². The molecular weight excluding hydrogens is 488 g/mol. The number of benzene rings is 1. The molecule has 0 spiro atoms. The zero-order valence-corrected chi connectivity index (χ0v) is 25.1. The number of hydrogen-bond donors (Lipinski definition) is 1. The van der Waals surface area contributed by atoms with Crippen LogP contribution in [0.1, 0.15) is 141 Å². The highest BCUT2D eigenvalue weighted by Gasteiger charge is 2.31. The summed E-state index contributed by atoms with van der Waals surface area (Å²) in [5, 5.41) is 11.4. The Labute approximate surface area is 239 Å². The molecule has 1 N–H and O–H groups in total. The Bertz CT molecular complexity index is 703. The van der Waals surface area contributed by atoms with Crippen molar-refractivity contribution in [3.63, 3.8) is 0 Å². The van der Waals surface area contributed by atoms with Gasteiger partial charge in [0.25, 0.3) is 0 Å². The van der Waals surface area contributed by atoms with Gasteiger partial charge in [-0.3, -0.25) is 4.79 Å². The van der Waals surface area contributed by atoms with Gasteiger partial charge in [0, 0.05) is 13.0 Å². The molecule has 0 aromatic heterocycles. The van der Waals surface area contributed by atoms with Crippen LogP contribution < -0.4 is 0 Å². The van der Waals surface area contributed by atoms with Crippen LogP contribution in [0.5, 0.6) is 0 Å². The molecule has 1 aliphatic rings. The highest BCUT2D eigenvalue weighted by atomic mass is 16.7. The summed E-state index contributed by atoms with van der Waals surface area (Å²) in [6.45, 7) is 5.42. The van der Waals surface area contributed by atoms with E-state index in [9.17, 15) is 9.90 Å². The van der Waals surface area contributed by atoms with E-state index < -0.39 is 12.0 Å². The van der Waals surface area contributed by atoms with Crippen molar-refractivity contribution in [2.75, 3.05) is 6.61 Å². The molecule has 0 saturated carbocycles. The number of aliphatic hydroxyl groups is 1. The van der Waals surface area contributed by atoms with Crippen LogP contribution in [-0.2, 0) is 25.6 Å². The van der Waals surface area contributed by atoms with E-state index in [2.05, 4.69) is 13.8 Å². The molecule has 0 bridgehead atoms. The molecule has 1 aromatic rings. The minimum atomic E-state index is -0.776. The second-order valence-electron chi connectivity index (χ2n) is 11.5. The second kappa shape index (κ2) is 22.3. The average molecular weight is 547 g/mol. The lowest BCUT2D eigenvalue weighted by atomic mass is 9.90. The van der Waals surface area contributed by atoms with Crippen LogP contribution in [-0.4, -0.2) is 36.2 Å². The zero-order chi connectivity index (χ0) is 28.0. The van der Waals surface area contributed by atoms with Gasteiger partial charge in [-0.05, 0) is 37.7 Å². The fourth-order valence-corrected chi connectivity index (χ4v) is 5.48. The Hall–Kier alpha value is -1.43. The number of aliphatic hydroxyl groups excluding tert-OH is 1. The van der Waals surface area contributed by atoms with Gasteiger partial charge in [-0.2, -0.15) is 0 Å². The Morgan fingerprint density at radius 2 is 1.49 bits per heavy atom. The first-order valence-electron chi connectivity index (χ1n) is 16.3. The fourth-order valence-electron chi connectivity index (χ4n) is 5.48. The molecule has 5 nitrogen and oxygen atoms in total. The van der Waals surface area contributed by atoms with Crippen molar-refractivity contribution in [3.8, 4) is 0 Å². The van der Waals surface area contributed by atoms with E-state index in [1.54, 1.807) is 0 Å². The van der Waals surface area contributed by atoms with Crippen molar-refractivity contribution < 1.29 is 24.1 Å². The first kappa shape index (κ1) is 33.8. The minimum Gasteiger partial charge on any atom is -0.461 e. The Kier molecular flexibility index (Phi) is 19.3. The molecule has 224 valence electrons. The molecule has 4 unspecified atom stereocenters. The van der Waals surface area contributed by atoms with Gasteiger partial charge in [0.2, 0.25) is 0 Å². The van der Waals surface area contributed by atoms with Gasteiger partial charge in [0.1, 0.15) is 6.61 Å². The summed E-state index contributed by atoms with van der Waals surface area (Å²) in [4.78, 5) is 13.2. The molecule has 5 heteroatoms. The average Bonchev–Trinajstić information content (AvgIpc) is 2.96. The van der Waals surface area contributed by atoms with Crippen LogP contribution in [0.25, 0.3) is 0 Å². The molecule has 0 radical (unpaired) electrons. The largest absolute Gasteiger partial charge is 0.461 e. The predicted octanol–water partition coefficient (Wildman–Crippen LogP) is 8.90. The lowest BCUT2D eigenvalue weighted by Gasteiger charge is -2.30. The maximum atomic E-state index is 13.2. The van der Waals surface area contributed by atoms with Gasteiger partial charge >= 0.3 is 5.97 Å². The van der Waals surface area contributed by atoms with E-state index in [1.165, 1.54) is 51.4 Å². The number of carbonyl (C=O) groups excluding carboxylic acids is 1. The number of carbonyl (C=O) groups is 1. The highest BCUT2D eigenvalue weighted by Crippen LogP contribution is 2.26. The van der Waals surface area contributed by atoms with Crippen molar-refractivity contribution in [3.05, 3.63) is 35.9 Å². The molecule has 1 saturated heterocycles. The maximum absolute atomic E-state index is 13.2. The van der Waals surface area contributed by atoms with E-state index in [0.29, 0.717) is 12.8 Å². The standard InChI is InChI=1S/C34H58O5/c1-3-5-7-9-10-11-12-13-17-23-30(39-33-25-19-20-26-37-33)27-32(35)31(24-18-8-6-4-2)34(36)38-28-29-21-15-14-16-22-29/h14-16,21-22,30-33,35H,3-13,17-20,23-28H2,1-2H3. The van der Waals surface area contributed by atoms with E-state index in [1.807, 2.05) is 30.3 Å². The third kappa shape index (κ3) is 15.8. The smallest absolute Gasteiger partial charge is 0.311 e. The summed E-state index contributed by atoms with van der Waals surface area (Å²) in [5.74, 6) is -0.814. The van der Waals surface area contributed by atoms with Crippen LogP contribution in [0.15, 0.2) is 30.3 Å². The summed E-state index contributed by atoms with van der Waals surface area (Å²) in [6, 6.07) is 9.76. The zero-order valence-electron chi connectivity index (χ0n) is 25.1. The fraction of sp³-hybridized carbons (Fsp3) is 0.794. The van der Waals surface area contributed by atoms with Gasteiger partial charge in [0.05, 0.1) is 18.1 Å². The first-order valence-corrected chi connectivity index (χ1v) is 16.3. The predicted molar refractivity (Wildman–Crippen MR) is 159 cm³/mol. The van der Waals surface area contributed by atoms with Crippen molar-refractivity contribution >= 4 is 5.97 Å². The molecule has 0 aliphatic carbocycles. The minimum absolute atomic E-state index is 0.104. The van der Waals surface area contributed by atoms with Crippen molar-refractivity contribution in [2.24, 2.45) is 5.92 Å². The number of ether oxygens (including phenoxy) is 3. The molecule has 39 heavy (non-hydrogen) atoms. The molecule has 2 rings (SSSR count). The van der Waals surface area contributed by atoms with Crippen LogP contribution in [0.2, 0.25) is 0 Å². The quantitative estimate of drug-likeness (QED) is 0.110. The summed E-state index contributed by atoms with van der Waals surface area (Å²) >= 11 is 0. The normalized spacial score (nSPS) is 18.0. The van der Waals surface area contributed by atoms with E-state index >= 15 is 0 Å². The molecule has 1 aromatic carbocycles. The van der Waals surface area contributed by atoms with Gasteiger partial charge in [-0.1, -0.05) is 128 Å². The third-order valence-corrected chi connectivity index (χ3v) is 7.98. The first-order chi connectivity index (χ1) is 19.1. The molecule has 4 atom stereocenters. The van der Waals surface area contributed by atoms with E-state index in [-0.39, 0.29) is 25.0 Å². The molecule has 0 amide bonds. The van der Waals surface area contributed by atoms with Gasteiger partial charge in [-0.15, -0.1) is 0 Å². The third-order valence-electron chi connectivity index (χ3n) is 7.98. The van der Waals surface area contributed by atoms with Crippen molar-refractivity contribution in [2.45, 2.75) is 161 Å². The summed E-state index contributed by atoms with van der Waals surface area (Å²) < 4.78 is 18.0. The second-order valence-corrected chi connectivity index (χ2v) is 11.5. The number of unbranched alkanes of at least 4 members (excludes halogenated alkanes) is 11. The molecular formula is C34H58O5. The molecule has 1 fully saturated rings. The Balaban J connectivity index is 1.90. The summed E-state index contributed by atoms with van der Waals surface area (Å²) in [6.07, 6.45) is 19.8. The molecule has 1 aliphatic heterocycles. The lowest BCUT2D eigenvalue weighted by molar-refractivity contribution is -0.196. The maximum Gasteiger partial charge on any atom is 0.311 e. The summed E-state index contributed by atoms with van der Waals surface area (Å²) in [5.41, 5.74) is 0.964. The Morgan fingerprint density at radius 3 is 2.13 bits per heavy atom. The van der Waals surface area contributed by atoms with Crippen LogP contribution in [0.4, 0.5) is 0 Å². The van der Waals surface area contributed by atoms with Crippen molar-refractivity contribution in [1.82, 2.24) is 0 Å². The van der Waals surface area contributed by atoms with Crippen LogP contribution >= 0.6 is 0 Å². The van der Waals surface area contributed by atoms with E-state index in [4.69, 9.17) is 14.2 Å². The molecule has 1 heterocycles. The number of esters is 1. The van der Waals surface area contributed by atoms with Gasteiger partial charge < -0.3 is 19.3 Å². The topological polar surface area (TPSA) is 65.0 Å². The van der Waals surface area contributed by atoms with Crippen molar-refractivity contribution in [1.29, 1.82) is 0 Å². The van der Waals surface area contributed by atoms with Crippen LogP contribution in [0, 0.1) is 5.92 Å². The SMILES string of the molecule is CCCCCCCCCCCC(CC(O)C(CCCCCC)C(=O)OCc1ccccc1)OC1CCCCO1. The number of hydrogen-bond acceptors (Lipinski definition) is 5. The highest BCUT2D eigenvalue weighted by molar-refractivity contribution is 5.73. The Morgan fingerprint density at radius 1 is 0.872 bits per heavy atom. The monoisotopic (exact) mass is 546 g/mol. The van der Waals surface area contributed by atoms with Gasteiger partial charge in [0.15, 0.2) is 6.29 Å². The lowest BCUT2D eigenvalue weighted by Crippen LogP contribution is -2.36.